The van der Waals surface area contributed by atoms with Gasteiger partial charge in [-0.05, 0) is 54.2 Å². The van der Waals surface area contributed by atoms with Crippen LogP contribution in [0.2, 0.25) is 0 Å². The zero-order chi connectivity index (χ0) is 22.6. The maximum atomic E-state index is 13.1. The van der Waals surface area contributed by atoms with Gasteiger partial charge >= 0.3 is 0 Å². The summed E-state index contributed by atoms with van der Waals surface area (Å²) in [5.74, 6) is 0.351. The number of hydrogen-bond donors (Lipinski definition) is 1. The highest BCUT2D eigenvalue weighted by molar-refractivity contribution is 7.89. The average Bonchev–Trinajstić information content (AvgIpc) is 3.07. The summed E-state index contributed by atoms with van der Waals surface area (Å²) < 4.78 is 27.6. The fourth-order valence-electron chi connectivity index (χ4n) is 5.85. The van der Waals surface area contributed by atoms with E-state index in [-0.39, 0.29) is 46.7 Å². The number of carbonyl (C=O) groups excluding carboxylic acids is 2. The van der Waals surface area contributed by atoms with Crippen molar-refractivity contribution >= 4 is 21.8 Å². The number of piperazine rings is 1. The smallest absolute Gasteiger partial charge is 0.251 e. The largest absolute Gasteiger partial charge is 0.349 e. The van der Waals surface area contributed by atoms with Crippen LogP contribution in [0.25, 0.3) is 0 Å². The Morgan fingerprint density at radius 1 is 1.10 bits per heavy atom. The van der Waals surface area contributed by atoms with Gasteiger partial charge in [0, 0.05) is 44.7 Å². The molecule has 1 aromatic rings. The Labute approximate surface area is 185 Å². The number of nitrogens with zero attached hydrogens (tertiary/aromatic N) is 2. The SMILES string of the molecule is CC(=O)N1CCN(S(=O)(=O)c2cccc(C(=O)N[C@H]3C[C@H]4CC[C@@]3(C)C4(C)C)c2)CC1. The lowest BCUT2D eigenvalue weighted by Crippen LogP contribution is -2.50. The Morgan fingerprint density at radius 2 is 1.77 bits per heavy atom. The Bertz CT molecular complexity index is 998. The normalized spacial score (nSPS) is 30.4. The van der Waals surface area contributed by atoms with Crippen molar-refractivity contribution < 1.29 is 18.0 Å². The van der Waals surface area contributed by atoms with E-state index in [9.17, 15) is 18.0 Å². The van der Waals surface area contributed by atoms with Crippen LogP contribution in [0.15, 0.2) is 29.2 Å². The topological polar surface area (TPSA) is 86.8 Å². The zero-order valence-electron chi connectivity index (χ0n) is 18.8. The Balaban J connectivity index is 1.48. The number of benzene rings is 1. The van der Waals surface area contributed by atoms with E-state index in [4.69, 9.17) is 0 Å². The molecule has 0 aromatic heterocycles. The quantitative estimate of drug-likeness (QED) is 0.768. The van der Waals surface area contributed by atoms with E-state index in [0.717, 1.165) is 12.8 Å². The number of carbonyl (C=O) groups is 2. The van der Waals surface area contributed by atoms with Gasteiger partial charge in [0.2, 0.25) is 15.9 Å². The van der Waals surface area contributed by atoms with Gasteiger partial charge < -0.3 is 10.2 Å². The van der Waals surface area contributed by atoms with Crippen molar-refractivity contribution in [3.8, 4) is 0 Å². The molecule has 8 heteroatoms. The van der Waals surface area contributed by atoms with Crippen LogP contribution in [0, 0.1) is 16.7 Å². The molecule has 1 aliphatic heterocycles. The van der Waals surface area contributed by atoms with Crippen LogP contribution in [0.3, 0.4) is 0 Å². The predicted molar refractivity (Wildman–Crippen MR) is 118 cm³/mol. The monoisotopic (exact) mass is 447 g/mol. The maximum Gasteiger partial charge on any atom is 0.251 e. The van der Waals surface area contributed by atoms with Gasteiger partial charge in [0.25, 0.3) is 5.91 Å². The molecule has 170 valence electrons. The van der Waals surface area contributed by atoms with Crippen molar-refractivity contribution in [1.29, 1.82) is 0 Å². The summed E-state index contributed by atoms with van der Waals surface area (Å²) in [6.07, 6.45) is 3.30. The molecule has 1 aromatic carbocycles. The van der Waals surface area contributed by atoms with Crippen molar-refractivity contribution in [3.63, 3.8) is 0 Å². The summed E-state index contributed by atoms with van der Waals surface area (Å²) in [6.45, 7) is 9.64. The van der Waals surface area contributed by atoms with Crippen molar-refractivity contribution in [2.75, 3.05) is 26.2 Å². The van der Waals surface area contributed by atoms with Gasteiger partial charge in [0.1, 0.15) is 0 Å². The van der Waals surface area contributed by atoms with Crippen LogP contribution >= 0.6 is 0 Å². The highest BCUT2D eigenvalue weighted by atomic mass is 32.2. The van der Waals surface area contributed by atoms with E-state index < -0.39 is 10.0 Å². The third kappa shape index (κ3) is 3.57. The van der Waals surface area contributed by atoms with Crippen molar-refractivity contribution in [3.05, 3.63) is 29.8 Å². The molecule has 0 unspecified atom stereocenters. The van der Waals surface area contributed by atoms with Gasteiger partial charge in [-0.15, -0.1) is 0 Å². The lowest BCUT2D eigenvalue weighted by molar-refractivity contribution is -0.129. The highest BCUT2D eigenvalue weighted by Gasteiger charge is 2.61. The molecular formula is C23H33N3O4S. The summed E-state index contributed by atoms with van der Waals surface area (Å²) in [4.78, 5) is 26.3. The fraction of sp³-hybridized carbons (Fsp3) is 0.652. The third-order valence-electron chi connectivity index (χ3n) is 8.52. The number of nitrogens with one attached hydrogen (secondary N) is 1. The van der Waals surface area contributed by atoms with Crippen LogP contribution in [-0.4, -0.2) is 61.7 Å². The Morgan fingerprint density at radius 3 is 2.32 bits per heavy atom. The van der Waals surface area contributed by atoms with E-state index in [2.05, 4.69) is 26.1 Å². The van der Waals surface area contributed by atoms with Crippen LogP contribution in [-0.2, 0) is 14.8 Å². The number of sulfonamides is 1. The van der Waals surface area contributed by atoms with Crippen LogP contribution in [0.5, 0.6) is 0 Å². The van der Waals surface area contributed by atoms with Crippen LogP contribution < -0.4 is 5.32 Å². The Kier molecular flexibility index (Phi) is 5.45. The second-order valence-corrected chi connectivity index (χ2v) is 12.0. The minimum atomic E-state index is -3.72. The van der Waals surface area contributed by atoms with Gasteiger partial charge in [-0.25, -0.2) is 8.42 Å². The number of hydrogen-bond acceptors (Lipinski definition) is 4. The number of amides is 2. The Hall–Kier alpha value is -1.93. The zero-order valence-corrected chi connectivity index (χ0v) is 19.7. The highest BCUT2D eigenvalue weighted by Crippen LogP contribution is 2.65. The molecule has 3 atom stereocenters. The van der Waals surface area contributed by atoms with E-state index in [0.29, 0.717) is 24.6 Å². The summed E-state index contributed by atoms with van der Waals surface area (Å²) >= 11 is 0. The molecule has 0 radical (unpaired) electrons. The molecule has 4 rings (SSSR count). The van der Waals surface area contributed by atoms with Gasteiger partial charge in [0.15, 0.2) is 0 Å². The maximum absolute atomic E-state index is 13.1. The summed E-state index contributed by atoms with van der Waals surface area (Å²) in [5, 5.41) is 3.21. The van der Waals surface area contributed by atoms with Gasteiger partial charge in [-0.3, -0.25) is 9.59 Å². The van der Waals surface area contributed by atoms with E-state index >= 15 is 0 Å². The second-order valence-electron chi connectivity index (χ2n) is 10.1. The minimum absolute atomic E-state index is 0.0480. The molecule has 1 saturated heterocycles. The molecule has 2 amide bonds. The van der Waals surface area contributed by atoms with Gasteiger partial charge in [-0.2, -0.15) is 4.31 Å². The molecule has 2 saturated carbocycles. The summed E-state index contributed by atoms with van der Waals surface area (Å²) in [5.41, 5.74) is 0.624. The second kappa shape index (κ2) is 7.59. The van der Waals surface area contributed by atoms with Crippen molar-refractivity contribution in [2.24, 2.45) is 16.7 Å². The molecule has 3 fully saturated rings. The summed E-state index contributed by atoms with van der Waals surface area (Å²) in [6, 6.07) is 6.41. The van der Waals surface area contributed by atoms with Gasteiger partial charge in [-0.1, -0.05) is 26.8 Å². The lowest BCUT2D eigenvalue weighted by Gasteiger charge is -2.39. The molecule has 31 heavy (non-hydrogen) atoms. The number of fused-ring (bicyclic) bond motifs is 2. The fourth-order valence-corrected chi connectivity index (χ4v) is 7.32. The summed E-state index contributed by atoms with van der Waals surface area (Å²) in [7, 11) is -3.72. The number of rotatable bonds is 4. The van der Waals surface area contributed by atoms with E-state index in [1.54, 1.807) is 17.0 Å². The van der Waals surface area contributed by atoms with Crippen LogP contribution in [0.1, 0.15) is 57.3 Å². The lowest BCUT2D eigenvalue weighted by atomic mass is 9.69. The average molecular weight is 448 g/mol. The molecule has 0 spiro atoms. The first-order valence-electron chi connectivity index (χ1n) is 11.1. The van der Waals surface area contributed by atoms with Crippen LogP contribution in [0.4, 0.5) is 0 Å². The van der Waals surface area contributed by atoms with Crippen molar-refractivity contribution in [2.45, 2.75) is 57.9 Å². The van der Waals surface area contributed by atoms with Gasteiger partial charge in [0.05, 0.1) is 4.90 Å². The minimum Gasteiger partial charge on any atom is -0.349 e. The standard InChI is InChI=1S/C23H33N3O4S/c1-16(27)25-10-12-26(13-11-25)31(29,30)19-7-5-6-17(14-19)21(28)24-20-15-18-8-9-23(20,4)22(18,2)3/h5-7,14,18,20H,8-13,15H2,1-4H3,(H,24,28)/t18-,20+,23-/m1/s1. The van der Waals surface area contributed by atoms with E-state index in [1.165, 1.54) is 29.8 Å². The molecule has 7 nitrogen and oxygen atoms in total. The molecular weight excluding hydrogens is 414 g/mol. The molecule has 1 heterocycles. The van der Waals surface area contributed by atoms with E-state index in [1.807, 2.05) is 0 Å². The van der Waals surface area contributed by atoms with Crippen molar-refractivity contribution in [1.82, 2.24) is 14.5 Å². The first kappa shape index (κ1) is 22.3. The first-order chi connectivity index (χ1) is 14.5. The molecule has 2 bridgehead atoms. The first-order valence-corrected chi connectivity index (χ1v) is 12.6. The molecule has 3 aliphatic rings. The molecule has 1 N–H and O–H groups in total. The third-order valence-corrected chi connectivity index (χ3v) is 10.4. The predicted octanol–water partition coefficient (Wildman–Crippen LogP) is 2.48. The molecule has 2 aliphatic carbocycles.